The highest BCUT2D eigenvalue weighted by molar-refractivity contribution is 6.06. The van der Waals surface area contributed by atoms with Crippen LogP contribution in [0.4, 0.5) is 0 Å². The Hall–Kier alpha value is -1.66. The molecule has 1 amide bonds. The van der Waals surface area contributed by atoms with Gasteiger partial charge in [-0.05, 0) is 50.3 Å². The number of piperidine rings is 1. The number of fused-ring (bicyclic) bond motifs is 1. The quantitative estimate of drug-likeness (QED) is 0.868. The molecule has 2 aromatic heterocycles. The average molecular weight is 367 g/mol. The van der Waals surface area contributed by atoms with Crippen molar-refractivity contribution in [3.8, 4) is 0 Å². The van der Waals surface area contributed by atoms with Crippen molar-refractivity contribution in [2.75, 3.05) is 19.6 Å². The molecule has 1 aliphatic heterocycles. The number of pyridine rings is 1. The molecule has 2 N–H and O–H groups in total. The number of aryl methyl sites for hydroxylation is 1. The van der Waals surface area contributed by atoms with E-state index in [2.05, 4.69) is 27.7 Å². The molecule has 6 nitrogen and oxygen atoms in total. The summed E-state index contributed by atoms with van der Waals surface area (Å²) in [4.78, 5) is 17.2. The summed E-state index contributed by atoms with van der Waals surface area (Å²) in [6.45, 7) is 10.9. The summed E-state index contributed by atoms with van der Waals surface area (Å²) in [5.74, 6) is 0.0969. The standard InChI is InChI=1S/C18H26N4O2.ClH/c1-11(2)15-14-13(9-12(3)21-17(14)24-22-15)16(23)20-10-18(4)5-7-19-8-6-18;/h9,11,19H,5-8,10H2,1-4H3,(H,20,23);1H. The predicted molar refractivity (Wildman–Crippen MR) is 100 cm³/mol. The van der Waals surface area contributed by atoms with Gasteiger partial charge in [0.25, 0.3) is 11.6 Å². The normalized spacial score (nSPS) is 16.7. The maximum Gasteiger partial charge on any atom is 0.259 e. The molecule has 3 rings (SSSR count). The molecule has 1 saturated heterocycles. The van der Waals surface area contributed by atoms with Crippen molar-refractivity contribution >= 4 is 29.4 Å². The van der Waals surface area contributed by atoms with Crippen LogP contribution in [0.1, 0.15) is 61.3 Å². The third kappa shape index (κ3) is 4.12. The molecule has 138 valence electrons. The van der Waals surface area contributed by atoms with E-state index in [-0.39, 0.29) is 29.6 Å². The fraction of sp³-hybridized carbons (Fsp3) is 0.611. The Morgan fingerprint density at radius 1 is 1.40 bits per heavy atom. The highest BCUT2D eigenvalue weighted by Crippen LogP contribution is 2.29. The molecule has 0 aromatic carbocycles. The summed E-state index contributed by atoms with van der Waals surface area (Å²) in [6, 6.07) is 1.82. The molecule has 1 fully saturated rings. The van der Waals surface area contributed by atoms with E-state index < -0.39 is 0 Å². The number of amides is 1. The first kappa shape index (κ1) is 19.7. The lowest BCUT2D eigenvalue weighted by molar-refractivity contribution is 0.0923. The topological polar surface area (TPSA) is 80.0 Å². The highest BCUT2D eigenvalue weighted by Gasteiger charge is 2.28. The van der Waals surface area contributed by atoms with Gasteiger partial charge in [-0.2, -0.15) is 0 Å². The van der Waals surface area contributed by atoms with Crippen molar-refractivity contribution in [2.45, 2.75) is 46.5 Å². The Bertz CT molecular complexity index is 751. The first-order valence-corrected chi connectivity index (χ1v) is 8.65. The first-order chi connectivity index (χ1) is 11.4. The zero-order chi connectivity index (χ0) is 17.3. The summed E-state index contributed by atoms with van der Waals surface area (Å²) in [7, 11) is 0. The number of nitrogens with one attached hydrogen (secondary N) is 2. The molecule has 0 unspecified atom stereocenters. The number of aromatic nitrogens is 2. The van der Waals surface area contributed by atoms with Gasteiger partial charge in [0.2, 0.25) is 0 Å². The van der Waals surface area contributed by atoms with E-state index in [0.29, 0.717) is 17.8 Å². The van der Waals surface area contributed by atoms with Crippen molar-refractivity contribution < 1.29 is 9.32 Å². The highest BCUT2D eigenvalue weighted by atomic mass is 35.5. The molecule has 0 spiro atoms. The van der Waals surface area contributed by atoms with Gasteiger partial charge in [0.05, 0.1) is 16.6 Å². The lowest BCUT2D eigenvalue weighted by Gasteiger charge is -2.34. The monoisotopic (exact) mass is 366 g/mol. The lowest BCUT2D eigenvalue weighted by Crippen LogP contribution is -2.43. The van der Waals surface area contributed by atoms with Crippen LogP contribution < -0.4 is 10.6 Å². The third-order valence-electron chi connectivity index (χ3n) is 4.88. The third-order valence-corrected chi connectivity index (χ3v) is 4.88. The zero-order valence-corrected chi connectivity index (χ0v) is 16.1. The Kier molecular flexibility index (Phi) is 6.06. The number of carbonyl (C=O) groups excluding carboxylic acids is 1. The molecule has 0 atom stereocenters. The molecule has 0 bridgehead atoms. The molecule has 0 aliphatic carbocycles. The van der Waals surface area contributed by atoms with E-state index in [1.807, 2.05) is 26.8 Å². The van der Waals surface area contributed by atoms with Crippen molar-refractivity contribution in [1.82, 2.24) is 20.8 Å². The fourth-order valence-corrected chi connectivity index (χ4v) is 3.27. The van der Waals surface area contributed by atoms with E-state index in [1.165, 1.54) is 0 Å². The van der Waals surface area contributed by atoms with Crippen molar-refractivity contribution in [2.24, 2.45) is 5.41 Å². The maximum atomic E-state index is 12.8. The van der Waals surface area contributed by atoms with Crippen LogP contribution >= 0.6 is 12.4 Å². The first-order valence-electron chi connectivity index (χ1n) is 8.65. The second-order valence-corrected chi connectivity index (χ2v) is 7.46. The summed E-state index contributed by atoms with van der Waals surface area (Å²) < 4.78 is 5.35. The van der Waals surface area contributed by atoms with E-state index >= 15 is 0 Å². The van der Waals surface area contributed by atoms with Gasteiger partial charge in [-0.1, -0.05) is 25.9 Å². The minimum absolute atomic E-state index is 0. The van der Waals surface area contributed by atoms with Gasteiger partial charge in [-0.25, -0.2) is 4.98 Å². The Morgan fingerprint density at radius 3 is 2.72 bits per heavy atom. The summed E-state index contributed by atoms with van der Waals surface area (Å²) in [6.07, 6.45) is 2.14. The number of rotatable bonds is 4. The number of nitrogens with zero attached hydrogens (tertiary/aromatic N) is 2. The van der Waals surface area contributed by atoms with Crippen LogP contribution in [0.25, 0.3) is 11.1 Å². The van der Waals surface area contributed by atoms with Crippen LogP contribution in [0.3, 0.4) is 0 Å². The molecule has 0 saturated carbocycles. The van der Waals surface area contributed by atoms with E-state index in [1.54, 1.807) is 0 Å². The van der Waals surface area contributed by atoms with Gasteiger partial charge in [-0.3, -0.25) is 4.79 Å². The number of hydrogen-bond donors (Lipinski definition) is 2. The Labute approximate surface area is 154 Å². The molecule has 1 aliphatic rings. The second-order valence-electron chi connectivity index (χ2n) is 7.46. The van der Waals surface area contributed by atoms with Crippen LogP contribution in [0, 0.1) is 12.3 Å². The van der Waals surface area contributed by atoms with Crippen LogP contribution in [0.15, 0.2) is 10.6 Å². The molecule has 2 aromatic rings. The van der Waals surface area contributed by atoms with E-state index in [0.717, 1.165) is 42.7 Å². The summed E-state index contributed by atoms with van der Waals surface area (Å²) >= 11 is 0. The van der Waals surface area contributed by atoms with Crippen molar-refractivity contribution in [3.63, 3.8) is 0 Å². The number of hydrogen-bond acceptors (Lipinski definition) is 5. The molecule has 3 heterocycles. The van der Waals surface area contributed by atoms with Crippen LogP contribution in [-0.4, -0.2) is 35.7 Å². The van der Waals surface area contributed by atoms with Crippen LogP contribution in [-0.2, 0) is 0 Å². The Morgan fingerprint density at radius 2 is 2.08 bits per heavy atom. The average Bonchev–Trinajstić information content (AvgIpc) is 2.96. The van der Waals surface area contributed by atoms with Gasteiger partial charge >= 0.3 is 0 Å². The number of carbonyl (C=O) groups is 1. The summed E-state index contributed by atoms with van der Waals surface area (Å²) in [5.41, 5.74) is 2.75. The predicted octanol–water partition coefficient (Wildman–Crippen LogP) is 3.20. The van der Waals surface area contributed by atoms with Crippen LogP contribution in [0.5, 0.6) is 0 Å². The van der Waals surface area contributed by atoms with Crippen molar-refractivity contribution in [3.05, 3.63) is 23.0 Å². The van der Waals surface area contributed by atoms with Gasteiger partial charge in [0.1, 0.15) is 0 Å². The van der Waals surface area contributed by atoms with Gasteiger partial charge in [0, 0.05) is 12.2 Å². The molecular weight excluding hydrogens is 340 g/mol. The van der Waals surface area contributed by atoms with Crippen molar-refractivity contribution in [1.29, 1.82) is 0 Å². The van der Waals surface area contributed by atoms with E-state index in [4.69, 9.17) is 4.52 Å². The molecular formula is C18H27ClN4O2. The summed E-state index contributed by atoms with van der Waals surface area (Å²) in [5, 5.41) is 11.3. The maximum absolute atomic E-state index is 12.8. The van der Waals surface area contributed by atoms with Gasteiger partial charge in [-0.15, -0.1) is 12.4 Å². The van der Waals surface area contributed by atoms with E-state index in [9.17, 15) is 4.79 Å². The SMILES string of the molecule is Cc1cc(C(=O)NCC2(C)CCNCC2)c2c(C(C)C)noc2n1.Cl. The smallest absolute Gasteiger partial charge is 0.259 e. The minimum atomic E-state index is -0.0737. The Balaban J connectivity index is 0.00000225. The molecule has 0 radical (unpaired) electrons. The fourth-order valence-electron chi connectivity index (χ4n) is 3.27. The second kappa shape index (κ2) is 7.70. The van der Waals surface area contributed by atoms with Gasteiger partial charge in [0.15, 0.2) is 0 Å². The lowest BCUT2D eigenvalue weighted by atomic mass is 9.81. The van der Waals surface area contributed by atoms with Gasteiger partial charge < -0.3 is 15.2 Å². The zero-order valence-electron chi connectivity index (χ0n) is 15.3. The minimum Gasteiger partial charge on any atom is -0.351 e. The van der Waals surface area contributed by atoms with Crippen LogP contribution in [0.2, 0.25) is 0 Å². The largest absolute Gasteiger partial charge is 0.351 e. The number of halogens is 1. The molecule has 25 heavy (non-hydrogen) atoms. The molecule has 7 heteroatoms.